The predicted octanol–water partition coefficient (Wildman–Crippen LogP) is 6.69. The van der Waals surface area contributed by atoms with Crippen molar-refractivity contribution in [1.82, 2.24) is 19.9 Å². The first kappa shape index (κ1) is 33.0. The van der Waals surface area contributed by atoms with Crippen molar-refractivity contribution in [3.63, 3.8) is 0 Å². The second-order valence-corrected chi connectivity index (χ2v) is 11.2. The minimum absolute atomic E-state index is 0.0193. The van der Waals surface area contributed by atoms with E-state index in [1.165, 1.54) is 11.1 Å². The van der Waals surface area contributed by atoms with Crippen LogP contribution in [0.1, 0.15) is 30.0 Å². The number of nitrogen functional groups attached to an aromatic ring is 1. The Morgan fingerprint density at radius 3 is 2.74 bits per heavy atom. The number of aromatic nitrogens is 3. The number of nitrogens with zero attached hydrogens (tertiary/aromatic N) is 6. The zero-order chi connectivity index (χ0) is 33.7. The summed E-state index contributed by atoms with van der Waals surface area (Å²) in [5, 5.41) is 10.2. The van der Waals surface area contributed by atoms with Gasteiger partial charge in [0.1, 0.15) is 17.0 Å². The topological polar surface area (TPSA) is 121 Å². The zero-order valence-electron chi connectivity index (χ0n) is 25.7. The first-order chi connectivity index (χ1) is 22.7. The molecule has 9 nitrogen and oxygen atoms in total. The molecule has 12 heteroatoms. The first-order valence-corrected chi connectivity index (χ1v) is 15.2. The van der Waals surface area contributed by atoms with Crippen LogP contribution in [-0.2, 0) is 11.2 Å². The van der Waals surface area contributed by atoms with Crippen LogP contribution in [0.25, 0.3) is 33.3 Å². The molecule has 1 aliphatic heterocycles. The van der Waals surface area contributed by atoms with Crippen LogP contribution in [0.4, 0.5) is 20.3 Å². The number of ether oxygens (including phenoxy) is 1. The number of rotatable bonds is 10. The highest BCUT2D eigenvalue weighted by Gasteiger charge is 2.34. The lowest BCUT2D eigenvalue weighted by molar-refractivity contribution is -0.131. The Labute approximate surface area is 276 Å². The van der Waals surface area contributed by atoms with Crippen molar-refractivity contribution < 1.29 is 18.3 Å². The average molecular weight is 656 g/mol. The van der Waals surface area contributed by atoms with Crippen molar-refractivity contribution in [3.8, 4) is 23.3 Å². The number of halogens is 3. The Hall–Kier alpha value is -5.34. The summed E-state index contributed by atoms with van der Waals surface area (Å²) in [6.45, 7) is 9.35. The van der Waals surface area contributed by atoms with E-state index >= 15 is 4.39 Å². The number of benzene rings is 2. The van der Waals surface area contributed by atoms with E-state index in [0.29, 0.717) is 45.0 Å². The zero-order valence-corrected chi connectivity index (χ0v) is 26.5. The number of nitriles is 1. The van der Waals surface area contributed by atoms with Crippen LogP contribution in [0.3, 0.4) is 0 Å². The van der Waals surface area contributed by atoms with Crippen molar-refractivity contribution in [2.75, 3.05) is 36.9 Å². The Kier molecular flexibility index (Phi) is 10.1. The highest BCUT2D eigenvalue weighted by Crippen LogP contribution is 2.38. The lowest BCUT2D eigenvalue weighted by Crippen LogP contribution is -2.55. The van der Waals surface area contributed by atoms with Gasteiger partial charge in [-0.15, -0.1) is 0 Å². The summed E-state index contributed by atoms with van der Waals surface area (Å²) in [5.41, 5.74) is 9.16. The maximum atomic E-state index is 16.7. The number of piperazine rings is 1. The largest absolute Gasteiger partial charge is 0.463 e. The molecular weight excluding hydrogens is 624 g/mol. The quantitative estimate of drug-likeness (QED) is 0.148. The Morgan fingerprint density at radius 2 is 2.04 bits per heavy atom. The number of amides is 1. The van der Waals surface area contributed by atoms with Gasteiger partial charge in [0.2, 0.25) is 0 Å². The number of fused-ring (bicyclic) bond motifs is 1. The molecule has 1 fully saturated rings. The fourth-order valence-electron chi connectivity index (χ4n) is 5.62. The van der Waals surface area contributed by atoms with Crippen molar-refractivity contribution >= 4 is 51.0 Å². The maximum absolute atomic E-state index is 16.7. The van der Waals surface area contributed by atoms with Crippen LogP contribution in [0.2, 0.25) is 0 Å². The molecule has 0 spiro atoms. The molecule has 0 saturated carbocycles. The molecule has 0 unspecified atom stereocenters. The van der Waals surface area contributed by atoms with Crippen LogP contribution >= 0.6 is 11.6 Å². The van der Waals surface area contributed by atoms with Gasteiger partial charge in [-0.1, -0.05) is 67.2 Å². The van der Waals surface area contributed by atoms with Crippen LogP contribution in [0.15, 0.2) is 73.7 Å². The highest BCUT2D eigenvalue weighted by atomic mass is 35.5. The lowest BCUT2D eigenvalue weighted by atomic mass is 9.97. The highest BCUT2D eigenvalue weighted by molar-refractivity contribution is 6.49. The third kappa shape index (κ3) is 6.93. The summed E-state index contributed by atoms with van der Waals surface area (Å²) in [7, 11) is 0. The minimum Gasteiger partial charge on any atom is -0.463 e. The van der Waals surface area contributed by atoms with Crippen LogP contribution in [-0.4, -0.2) is 58.0 Å². The lowest BCUT2D eigenvalue weighted by Gasteiger charge is -2.41. The Morgan fingerprint density at radius 1 is 1.26 bits per heavy atom. The number of pyridine rings is 1. The molecule has 1 amide bonds. The van der Waals surface area contributed by atoms with E-state index in [1.54, 1.807) is 42.2 Å². The molecule has 5 rings (SSSR count). The monoisotopic (exact) mass is 655 g/mol. The van der Waals surface area contributed by atoms with Gasteiger partial charge in [0, 0.05) is 54.1 Å². The smallest absolute Gasteiger partial charge is 0.319 e. The third-order valence-electron chi connectivity index (χ3n) is 7.88. The van der Waals surface area contributed by atoms with Gasteiger partial charge in [0.15, 0.2) is 11.6 Å². The van der Waals surface area contributed by atoms with Crippen LogP contribution in [0.5, 0.6) is 6.01 Å². The van der Waals surface area contributed by atoms with Crippen molar-refractivity contribution in [2.24, 2.45) is 0 Å². The van der Waals surface area contributed by atoms with Crippen molar-refractivity contribution in [1.29, 1.82) is 5.26 Å². The summed E-state index contributed by atoms with van der Waals surface area (Å²) >= 11 is 6.59. The molecule has 47 heavy (non-hydrogen) atoms. The molecule has 1 saturated heterocycles. The van der Waals surface area contributed by atoms with Gasteiger partial charge in [-0.05, 0) is 30.2 Å². The summed E-state index contributed by atoms with van der Waals surface area (Å²) in [6, 6.07) is 14.0. The van der Waals surface area contributed by atoms with Gasteiger partial charge in [-0.25, -0.2) is 8.78 Å². The van der Waals surface area contributed by atoms with E-state index in [1.807, 2.05) is 24.3 Å². The molecule has 2 aromatic carbocycles. The average Bonchev–Trinajstić information content (AvgIpc) is 3.07. The Bertz CT molecular complexity index is 1940. The standard InChI is InChI=1S/C35H32ClF2N7O2/c1-4-23-9-7-11-26(29(23)28(36)5-2)31-30(38)32-27(19-41-31)33(43-35(42-32)47-17-13-22-8-6-10-24(40)18-22)44-15-16-45(34(46)21(3)37)25(20-44)12-14-39/h4-11,18-19,25H,1,3,12-13,15-17,20,40H2,2H3/b28-5+/t25-/m0/s1. The fourth-order valence-corrected chi connectivity index (χ4v) is 5.83. The van der Waals surface area contributed by atoms with Gasteiger partial charge in [0.25, 0.3) is 5.91 Å². The summed E-state index contributed by atoms with van der Waals surface area (Å²) in [5.74, 6) is -2.40. The predicted molar refractivity (Wildman–Crippen MR) is 181 cm³/mol. The molecule has 1 aliphatic rings. The molecular formula is C35H32ClF2N7O2. The molecule has 2 aromatic heterocycles. The number of allylic oxidation sites excluding steroid dienone is 1. The molecule has 0 aliphatic carbocycles. The number of nitrogens with two attached hydrogens (primary N) is 1. The van der Waals surface area contributed by atoms with Gasteiger partial charge in [-0.3, -0.25) is 9.78 Å². The Balaban J connectivity index is 1.61. The molecule has 0 radical (unpaired) electrons. The molecule has 1 atom stereocenters. The minimum atomic E-state index is -1.11. The maximum Gasteiger partial charge on any atom is 0.319 e. The fraction of sp³-hybridized carbons (Fsp3) is 0.229. The van der Waals surface area contributed by atoms with E-state index in [9.17, 15) is 14.4 Å². The van der Waals surface area contributed by atoms with Gasteiger partial charge in [0.05, 0.1) is 30.5 Å². The number of carbonyl (C=O) groups is 1. The van der Waals surface area contributed by atoms with Gasteiger partial charge in [-0.2, -0.15) is 15.2 Å². The summed E-state index contributed by atoms with van der Waals surface area (Å²) < 4.78 is 36.5. The van der Waals surface area contributed by atoms with Gasteiger partial charge >= 0.3 is 6.01 Å². The van der Waals surface area contributed by atoms with Crippen LogP contribution < -0.4 is 15.4 Å². The van der Waals surface area contributed by atoms with E-state index in [4.69, 9.17) is 22.1 Å². The molecule has 2 N–H and O–H groups in total. The molecule has 0 bridgehead atoms. The SMILES string of the molecule is C=Cc1cccc(-c2ncc3c(N4CCN(C(=O)C(=C)F)[C@@H](CC#N)C4)nc(OCCc4cccc(N)c4)nc3c2F)c1/C(Cl)=C\C. The van der Waals surface area contributed by atoms with E-state index in [0.717, 1.165) is 5.56 Å². The normalized spacial score (nSPS) is 15.0. The number of carbonyl (C=O) groups excluding carboxylic acids is 1. The summed E-state index contributed by atoms with van der Waals surface area (Å²) in [4.78, 5) is 29.2. The van der Waals surface area contributed by atoms with Crippen molar-refractivity contribution in [3.05, 3.63) is 96.2 Å². The third-order valence-corrected chi connectivity index (χ3v) is 8.29. The summed E-state index contributed by atoms with van der Waals surface area (Å²) in [6.07, 6.45) is 5.25. The van der Waals surface area contributed by atoms with E-state index in [-0.39, 0.29) is 49.9 Å². The second-order valence-electron chi connectivity index (χ2n) is 10.8. The molecule has 240 valence electrons. The van der Waals surface area contributed by atoms with E-state index < -0.39 is 23.6 Å². The molecule has 4 aromatic rings. The van der Waals surface area contributed by atoms with Crippen LogP contribution in [0, 0.1) is 17.1 Å². The number of hydrogen-bond acceptors (Lipinski definition) is 8. The molecule has 3 heterocycles. The van der Waals surface area contributed by atoms with Crippen molar-refractivity contribution in [2.45, 2.75) is 25.8 Å². The van der Waals surface area contributed by atoms with E-state index in [2.05, 4.69) is 34.2 Å². The van der Waals surface area contributed by atoms with Gasteiger partial charge < -0.3 is 20.3 Å². The number of anilines is 2. The second kappa shape index (κ2) is 14.4. The number of hydrogen-bond donors (Lipinski definition) is 1. The first-order valence-electron chi connectivity index (χ1n) is 14.9.